The molecule has 0 heterocycles. The summed E-state index contributed by atoms with van der Waals surface area (Å²) >= 11 is 1.30. The highest BCUT2D eigenvalue weighted by atomic mass is 32.2. The lowest BCUT2D eigenvalue weighted by atomic mass is 10.1. The van der Waals surface area contributed by atoms with Crippen LogP contribution in [-0.2, 0) is 16.0 Å². The predicted molar refractivity (Wildman–Crippen MR) is 111 cm³/mol. The van der Waals surface area contributed by atoms with Crippen molar-refractivity contribution in [1.82, 2.24) is 0 Å². The van der Waals surface area contributed by atoms with E-state index in [1.54, 1.807) is 0 Å². The van der Waals surface area contributed by atoms with Gasteiger partial charge in [-0.05, 0) is 49.6 Å². The smallest absolute Gasteiger partial charge is 0.234 e. The maximum Gasteiger partial charge on any atom is 0.234 e. The molecular weight excluding hydrogens is 344 g/mol. The number of hydrogen-bond acceptors (Lipinski definition) is 3. The SMILES string of the molecule is CCCCc1ccc(NC(=O)CSCC(=O)Nc2ccc(C)cc2)cc1. The van der Waals surface area contributed by atoms with E-state index in [2.05, 4.69) is 17.6 Å². The molecule has 0 aliphatic carbocycles. The molecule has 138 valence electrons. The Morgan fingerprint density at radius 1 is 0.846 bits per heavy atom. The molecule has 0 saturated carbocycles. The van der Waals surface area contributed by atoms with Crippen LogP contribution in [0.15, 0.2) is 48.5 Å². The first-order valence-electron chi connectivity index (χ1n) is 8.90. The zero-order valence-corrected chi connectivity index (χ0v) is 16.2. The highest BCUT2D eigenvalue weighted by Gasteiger charge is 2.07. The molecule has 0 atom stereocenters. The van der Waals surface area contributed by atoms with Crippen LogP contribution < -0.4 is 10.6 Å². The Morgan fingerprint density at radius 3 is 1.85 bits per heavy atom. The third-order valence-corrected chi connectivity index (χ3v) is 4.79. The maximum absolute atomic E-state index is 12.0. The van der Waals surface area contributed by atoms with Crippen molar-refractivity contribution in [2.45, 2.75) is 33.1 Å². The molecule has 0 fully saturated rings. The average Bonchev–Trinajstić information content (AvgIpc) is 2.63. The summed E-state index contributed by atoms with van der Waals surface area (Å²) in [6.07, 6.45) is 3.41. The monoisotopic (exact) mass is 370 g/mol. The fraction of sp³-hybridized carbons (Fsp3) is 0.333. The summed E-state index contributed by atoms with van der Waals surface area (Å²) in [6, 6.07) is 15.6. The summed E-state index contributed by atoms with van der Waals surface area (Å²) in [5.74, 6) is 0.294. The van der Waals surface area contributed by atoms with Crippen molar-refractivity contribution in [3.8, 4) is 0 Å². The van der Waals surface area contributed by atoms with Crippen molar-refractivity contribution < 1.29 is 9.59 Å². The van der Waals surface area contributed by atoms with Gasteiger partial charge in [0.25, 0.3) is 0 Å². The molecule has 0 aliphatic rings. The van der Waals surface area contributed by atoms with Gasteiger partial charge in [0.15, 0.2) is 0 Å². The molecular formula is C21H26N2O2S. The van der Waals surface area contributed by atoms with Crippen LogP contribution in [0.2, 0.25) is 0 Å². The second kappa shape index (κ2) is 10.7. The summed E-state index contributed by atoms with van der Waals surface area (Å²) in [4.78, 5) is 23.9. The van der Waals surface area contributed by atoms with Crippen LogP contribution in [0.5, 0.6) is 0 Å². The minimum Gasteiger partial charge on any atom is -0.325 e. The van der Waals surface area contributed by atoms with Gasteiger partial charge in [-0.3, -0.25) is 9.59 Å². The molecule has 0 aromatic heterocycles. The van der Waals surface area contributed by atoms with Gasteiger partial charge in [0.2, 0.25) is 11.8 Å². The van der Waals surface area contributed by atoms with E-state index < -0.39 is 0 Å². The second-order valence-electron chi connectivity index (χ2n) is 6.26. The minimum atomic E-state index is -0.105. The van der Waals surface area contributed by atoms with Crippen molar-refractivity contribution in [3.05, 3.63) is 59.7 Å². The fourth-order valence-electron chi connectivity index (χ4n) is 2.40. The molecule has 2 N–H and O–H groups in total. The summed E-state index contributed by atoms with van der Waals surface area (Å²) in [5, 5.41) is 5.69. The summed E-state index contributed by atoms with van der Waals surface area (Å²) in [6.45, 7) is 4.17. The van der Waals surface area contributed by atoms with Gasteiger partial charge in [-0.15, -0.1) is 11.8 Å². The molecule has 0 bridgehead atoms. The number of carbonyl (C=O) groups excluding carboxylic acids is 2. The number of aryl methyl sites for hydroxylation is 2. The van der Waals surface area contributed by atoms with Gasteiger partial charge in [-0.2, -0.15) is 0 Å². The van der Waals surface area contributed by atoms with E-state index in [1.165, 1.54) is 30.2 Å². The number of unbranched alkanes of at least 4 members (excludes halogenated alkanes) is 1. The van der Waals surface area contributed by atoms with Crippen LogP contribution in [0.3, 0.4) is 0 Å². The van der Waals surface area contributed by atoms with Crippen LogP contribution in [0, 0.1) is 6.92 Å². The maximum atomic E-state index is 12.0. The lowest BCUT2D eigenvalue weighted by Gasteiger charge is -2.07. The Morgan fingerprint density at radius 2 is 1.35 bits per heavy atom. The zero-order valence-electron chi connectivity index (χ0n) is 15.4. The highest BCUT2D eigenvalue weighted by molar-refractivity contribution is 8.00. The van der Waals surface area contributed by atoms with Gasteiger partial charge in [0.05, 0.1) is 11.5 Å². The van der Waals surface area contributed by atoms with Crippen molar-refractivity contribution in [1.29, 1.82) is 0 Å². The van der Waals surface area contributed by atoms with Gasteiger partial charge < -0.3 is 10.6 Å². The number of anilines is 2. The molecule has 0 unspecified atom stereocenters. The second-order valence-corrected chi connectivity index (χ2v) is 7.24. The molecule has 0 radical (unpaired) electrons. The first kappa shape index (κ1) is 20.0. The Hall–Kier alpha value is -2.27. The van der Waals surface area contributed by atoms with Crippen molar-refractivity contribution in [2.75, 3.05) is 22.1 Å². The van der Waals surface area contributed by atoms with E-state index in [4.69, 9.17) is 0 Å². The lowest BCUT2D eigenvalue weighted by Crippen LogP contribution is -2.18. The molecule has 2 rings (SSSR count). The van der Waals surface area contributed by atoms with Crippen molar-refractivity contribution >= 4 is 35.0 Å². The van der Waals surface area contributed by atoms with Gasteiger partial charge in [0.1, 0.15) is 0 Å². The Bertz CT molecular complexity index is 712. The average molecular weight is 371 g/mol. The third-order valence-electron chi connectivity index (χ3n) is 3.86. The lowest BCUT2D eigenvalue weighted by molar-refractivity contribution is -0.114. The molecule has 26 heavy (non-hydrogen) atoms. The standard InChI is InChI=1S/C21H26N2O2S/c1-3-4-5-17-8-12-19(13-9-17)23-21(25)15-26-14-20(24)22-18-10-6-16(2)7-11-18/h6-13H,3-5,14-15H2,1-2H3,(H,22,24)(H,23,25). The third kappa shape index (κ3) is 7.31. The number of amides is 2. The number of hydrogen-bond donors (Lipinski definition) is 2. The van der Waals surface area contributed by atoms with Gasteiger partial charge >= 0.3 is 0 Å². The Kier molecular flexibility index (Phi) is 8.22. The molecule has 2 aromatic carbocycles. The molecule has 0 spiro atoms. The van der Waals surface area contributed by atoms with Crippen LogP contribution in [-0.4, -0.2) is 23.3 Å². The van der Waals surface area contributed by atoms with Gasteiger partial charge in [0, 0.05) is 11.4 Å². The van der Waals surface area contributed by atoms with Crippen LogP contribution in [0.1, 0.15) is 30.9 Å². The minimum absolute atomic E-state index is 0.0977. The molecule has 5 heteroatoms. The predicted octanol–water partition coefficient (Wildman–Crippen LogP) is 4.65. The van der Waals surface area contributed by atoms with E-state index in [1.807, 2.05) is 55.5 Å². The normalized spacial score (nSPS) is 10.4. The first-order valence-corrected chi connectivity index (χ1v) is 10.1. The zero-order chi connectivity index (χ0) is 18.8. The fourth-order valence-corrected chi connectivity index (χ4v) is 3.02. The molecule has 2 amide bonds. The van der Waals surface area contributed by atoms with Crippen molar-refractivity contribution in [3.63, 3.8) is 0 Å². The van der Waals surface area contributed by atoms with Crippen LogP contribution >= 0.6 is 11.8 Å². The number of thioether (sulfide) groups is 1. The van der Waals surface area contributed by atoms with Crippen LogP contribution in [0.4, 0.5) is 11.4 Å². The highest BCUT2D eigenvalue weighted by Crippen LogP contribution is 2.13. The van der Waals surface area contributed by atoms with Gasteiger partial charge in [-0.25, -0.2) is 0 Å². The summed E-state index contributed by atoms with van der Waals surface area (Å²) in [5.41, 5.74) is 3.99. The molecule has 2 aromatic rings. The van der Waals surface area contributed by atoms with Crippen molar-refractivity contribution in [2.24, 2.45) is 0 Å². The molecule has 0 aliphatic heterocycles. The largest absolute Gasteiger partial charge is 0.325 e. The Labute approximate surface area is 159 Å². The quantitative estimate of drug-likeness (QED) is 0.675. The summed E-state index contributed by atoms with van der Waals surface area (Å²) < 4.78 is 0. The summed E-state index contributed by atoms with van der Waals surface area (Å²) in [7, 11) is 0. The number of benzene rings is 2. The van der Waals surface area contributed by atoms with E-state index in [0.717, 1.165) is 23.4 Å². The number of nitrogens with one attached hydrogen (secondary N) is 2. The topological polar surface area (TPSA) is 58.2 Å². The number of rotatable bonds is 9. The van der Waals surface area contributed by atoms with E-state index >= 15 is 0 Å². The van der Waals surface area contributed by atoms with Gasteiger partial charge in [-0.1, -0.05) is 43.2 Å². The molecule has 4 nitrogen and oxygen atoms in total. The van der Waals surface area contributed by atoms with Crippen LogP contribution in [0.25, 0.3) is 0 Å². The van der Waals surface area contributed by atoms with E-state index in [9.17, 15) is 9.59 Å². The van der Waals surface area contributed by atoms with E-state index in [0.29, 0.717) is 0 Å². The molecule has 0 saturated heterocycles. The Balaban J connectivity index is 1.68. The number of carbonyl (C=O) groups is 2. The van der Waals surface area contributed by atoms with E-state index in [-0.39, 0.29) is 23.3 Å². The first-order chi connectivity index (χ1) is 12.6.